The first-order chi connectivity index (χ1) is 12.3. The number of hydrazine groups is 1. The monoisotopic (exact) mass is 332 g/mol. The summed E-state index contributed by atoms with van der Waals surface area (Å²) in [6.45, 7) is 2.10. The van der Waals surface area contributed by atoms with Gasteiger partial charge in [-0.2, -0.15) is 4.68 Å². The summed E-state index contributed by atoms with van der Waals surface area (Å²) in [4.78, 5) is 0. The molecule has 6 nitrogen and oxygen atoms in total. The molecule has 0 fully saturated rings. The zero-order valence-corrected chi connectivity index (χ0v) is 14.1. The van der Waals surface area contributed by atoms with Gasteiger partial charge in [-0.15, -0.1) is 0 Å². The highest BCUT2D eigenvalue weighted by molar-refractivity contribution is 6.00. The molecule has 0 bridgehead atoms. The van der Waals surface area contributed by atoms with Crippen LogP contribution in [-0.2, 0) is 20.1 Å². The molecule has 0 unspecified atom stereocenters. The number of rotatable bonds is 5. The van der Waals surface area contributed by atoms with Gasteiger partial charge < -0.3 is 0 Å². The molecule has 0 radical (unpaired) electrons. The summed E-state index contributed by atoms with van der Waals surface area (Å²) in [5.41, 5.74) is 7.56. The topological polar surface area (TPSA) is 49.3 Å². The third kappa shape index (κ3) is 3.59. The second kappa shape index (κ2) is 6.86. The van der Waals surface area contributed by atoms with E-state index in [4.69, 9.17) is 0 Å². The lowest BCUT2D eigenvalue weighted by Gasteiger charge is -2.15. The molecule has 3 aromatic rings. The normalized spacial score (nSPS) is 14.0. The SMILES string of the molecule is Cn1n[n+](Cc2ccccc2)[c-]c1C1=NN(Cc2ccccc2)NC1. The first-order valence-electron chi connectivity index (χ1n) is 8.31. The fraction of sp³-hybridized carbons (Fsp3) is 0.211. The van der Waals surface area contributed by atoms with Crippen molar-refractivity contribution >= 4 is 5.71 Å². The van der Waals surface area contributed by atoms with E-state index in [-0.39, 0.29) is 0 Å². The van der Waals surface area contributed by atoms with E-state index < -0.39 is 0 Å². The van der Waals surface area contributed by atoms with Crippen molar-refractivity contribution in [2.75, 3.05) is 6.54 Å². The lowest BCUT2D eigenvalue weighted by molar-refractivity contribution is -0.751. The Labute approximate surface area is 147 Å². The van der Waals surface area contributed by atoms with E-state index in [2.05, 4.69) is 46.2 Å². The van der Waals surface area contributed by atoms with Crippen molar-refractivity contribution in [1.82, 2.24) is 20.4 Å². The third-order valence-corrected chi connectivity index (χ3v) is 4.09. The van der Waals surface area contributed by atoms with E-state index in [1.165, 1.54) is 11.1 Å². The summed E-state index contributed by atoms with van der Waals surface area (Å²) >= 11 is 0. The van der Waals surface area contributed by atoms with Crippen LogP contribution in [0.1, 0.15) is 16.8 Å². The number of aryl methyl sites for hydroxylation is 1. The summed E-state index contributed by atoms with van der Waals surface area (Å²) in [5.74, 6) is 0. The summed E-state index contributed by atoms with van der Waals surface area (Å²) in [7, 11) is 1.93. The van der Waals surface area contributed by atoms with Gasteiger partial charge in [0.05, 0.1) is 18.8 Å². The van der Waals surface area contributed by atoms with Crippen LogP contribution in [-0.4, -0.2) is 27.3 Å². The largest absolute Gasteiger partial charge is 0.259 e. The molecule has 1 aromatic heterocycles. The highest BCUT2D eigenvalue weighted by atomic mass is 15.7. The molecule has 6 heteroatoms. The summed E-state index contributed by atoms with van der Waals surface area (Å²) in [6, 6.07) is 20.6. The molecule has 1 N–H and O–H groups in total. The van der Waals surface area contributed by atoms with Gasteiger partial charge in [0.1, 0.15) is 6.54 Å². The van der Waals surface area contributed by atoms with Gasteiger partial charge in [0, 0.05) is 11.9 Å². The Hall–Kier alpha value is -2.99. The summed E-state index contributed by atoms with van der Waals surface area (Å²) in [5, 5.41) is 11.0. The number of aromatic nitrogens is 3. The van der Waals surface area contributed by atoms with Gasteiger partial charge >= 0.3 is 0 Å². The van der Waals surface area contributed by atoms with Gasteiger partial charge in [-0.25, -0.2) is 15.2 Å². The zero-order valence-electron chi connectivity index (χ0n) is 14.1. The Balaban J connectivity index is 1.49. The van der Waals surface area contributed by atoms with Crippen molar-refractivity contribution in [3.8, 4) is 0 Å². The fourth-order valence-electron chi connectivity index (χ4n) is 2.86. The third-order valence-electron chi connectivity index (χ3n) is 4.09. The van der Waals surface area contributed by atoms with Crippen molar-refractivity contribution in [3.63, 3.8) is 0 Å². The molecule has 0 aliphatic carbocycles. The molecule has 1 aliphatic heterocycles. The molecular formula is C19H20N6. The molecule has 126 valence electrons. The maximum Gasteiger partial charge on any atom is 0.118 e. The van der Waals surface area contributed by atoms with Crippen LogP contribution in [0, 0.1) is 6.20 Å². The van der Waals surface area contributed by atoms with Gasteiger partial charge in [-0.1, -0.05) is 60.7 Å². The first kappa shape index (κ1) is 15.5. The molecule has 0 saturated heterocycles. The van der Waals surface area contributed by atoms with Crippen LogP contribution in [0.4, 0.5) is 0 Å². The molecule has 0 spiro atoms. The molecule has 25 heavy (non-hydrogen) atoms. The highest BCUT2D eigenvalue weighted by Gasteiger charge is 2.15. The number of hydrogen-bond donors (Lipinski definition) is 1. The van der Waals surface area contributed by atoms with Gasteiger partial charge in [0.25, 0.3) is 0 Å². The van der Waals surface area contributed by atoms with E-state index in [0.717, 1.165) is 18.0 Å². The van der Waals surface area contributed by atoms with E-state index >= 15 is 0 Å². The van der Waals surface area contributed by atoms with Crippen LogP contribution in [0.5, 0.6) is 0 Å². The van der Waals surface area contributed by atoms with Crippen LogP contribution >= 0.6 is 0 Å². The van der Waals surface area contributed by atoms with Crippen LogP contribution < -0.4 is 10.1 Å². The minimum atomic E-state index is 0.675. The number of nitrogens with one attached hydrogen (secondary N) is 1. The van der Waals surface area contributed by atoms with E-state index in [0.29, 0.717) is 13.1 Å². The zero-order chi connectivity index (χ0) is 17.1. The quantitative estimate of drug-likeness (QED) is 0.566. The summed E-state index contributed by atoms with van der Waals surface area (Å²) in [6.07, 6.45) is 3.33. The van der Waals surface area contributed by atoms with Crippen molar-refractivity contribution in [1.29, 1.82) is 0 Å². The molecule has 2 aromatic carbocycles. The summed E-state index contributed by atoms with van der Waals surface area (Å²) < 4.78 is 3.66. The predicted molar refractivity (Wildman–Crippen MR) is 94.3 cm³/mol. The standard InChI is InChI=1S/C19H20N6/c1-23-19(15-24(22-23)13-16-8-4-2-5-9-16)18-12-20-25(21-18)14-17-10-6-3-7-11-17/h2-11,20H,12-14H2,1H3. The maximum absolute atomic E-state index is 4.67. The van der Waals surface area contributed by atoms with Gasteiger partial charge in [0.15, 0.2) is 0 Å². The number of hydrogen-bond acceptors (Lipinski definition) is 4. The second-order valence-electron chi connectivity index (χ2n) is 6.04. The van der Waals surface area contributed by atoms with Crippen LogP contribution in [0.3, 0.4) is 0 Å². The fourth-order valence-corrected chi connectivity index (χ4v) is 2.86. The molecule has 1 aliphatic rings. The molecule has 2 heterocycles. The lowest BCUT2D eigenvalue weighted by Crippen LogP contribution is -2.37. The number of hydrazone groups is 1. The van der Waals surface area contributed by atoms with Gasteiger partial charge in [-0.05, 0) is 23.4 Å². The Morgan fingerprint density at radius 1 is 1.04 bits per heavy atom. The first-order valence-corrected chi connectivity index (χ1v) is 8.31. The minimum Gasteiger partial charge on any atom is -0.259 e. The lowest BCUT2D eigenvalue weighted by atomic mass is 10.2. The number of benzene rings is 2. The average molecular weight is 332 g/mol. The smallest absolute Gasteiger partial charge is 0.118 e. The van der Waals surface area contributed by atoms with E-state index in [1.54, 1.807) is 0 Å². The van der Waals surface area contributed by atoms with Crippen molar-refractivity contribution in [2.24, 2.45) is 12.1 Å². The van der Waals surface area contributed by atoms with Gasteiger partial charge in [-0.3, -0.25) is 5.10 Å². The van der Waals surface area contributed by atoms with Gasteiger partial charge in [0.2, 0.25) is 0 Å². The highest BCUT2D eigenvalue weighted by Crippen LogP contribution is 2.09. The minimum absolute atomic E-state index is 0.675. The Morgan fingerprint density at radius 3 is 2.44 bits per heavy atom. The van der Waals surface area contributed by atoms with Crippen molar-refractivity contribution in [3.05, 3.63) is 83.7 Å². The molecule has 0 amide bonds. The predicted octanol–water partition coefficient (Wildman–Crippen LogP) is 1.28. The van der Waals surface area contributed by atoms with Crippen molar-refractivity contribution in [2.45, 2.75) is 13.1 Å². The Morgan fingerprint density at radius 2 is 1.72 bits per heavy atom. The molecule has 0 atom stereocenters. The second-order valence-corrected chi connectivity index (χ2v) is 6.04. The van der Waals surface area contributed by atoms with E-state index in [9.17, 15) is 0 Å². The van der Waals surface area contributed by atoms with Crippen LogP contribution in [0.2, 0.25) is 0 Å². The Kier molecular flexibility index (Phi) is 4.26. The Bertz CT molecular complexity index is 869. The molecule has 4 rings (SSSR count). The maximum atomic E-state index is 4.67. The number of nitrogens with zero attached hydrogens (tertiary/aromatic N) is 5. The average Bonchev–Trinajstić information content (AvgIpc) is 3.23. The van der Waals surface area contributed by atoms with Crippen LogP contribution in [0.15, 0.2) is 65.8 Å². The van der Waals surface area contributed by atoms with Crippen molar-refractivity contribution < 1.29 is 4.68 Å². The molecule has 0 saturated carbocycles. The molecular weight excluding hydrogens is 312 g/mol. The van der Waals surface area contributed by atoms with Crippen LogP contribution in [0.25, 0.3) is 0 Å². The van der Waals surface area contributed by atoms with E-state index in [1.807, 2.05) is 57.9 Å².